The van der Waals surface area contributed by atoms with Crippen molar-refractivity contribution in [3.8, 4) is 0 Å². The fourth-order valence-electron chi connectivity index (χ4n) is 2.65. The lowest BCUT2D eigenvalue weighted by Gasteiger charge is -2.34. The van der Waals surface area contributed by atoms with Gasteiger partial charge >= 0.3 is 0 Å². The predicted molar refractivity (Wildman–Crippen MR) is 77.7 cm³/mol. The minimum atomic E-state index is 0.488. The van der Waals surface area contributed by atoms with E-state index < -0.39 is 0 Å². The van der Waals surface area contributed by atoms with Crippen molar-refractivity contribution in [2.75, 3.05) is 20.1 Å². The van der Waals surface area contributed by atoms with Gasteiger partial charge in [-0.2, -0.15) is 0 Å². The molecule has 0 saturated heterocycles. The van der Waals surface area contributed by atoms with Crippen LogP contribution in [0.25, 0.3) is 0 Å². The molecule has 1 saturated carbocycles. The van der Waals surface area contributed by atoms with E-state index in [-0.39, 0.29) is 0 Å². The monoisotopic (exact) mass is 246 g/mol. The molecule has 1 fully saturated rings. The molecule has 2 atom stereocenters. The summed E-state index contributed by atoms with van der Waals surface area (Å²) in [5, 5.41) is 3.50. The third-order valence-electron chi connectivity index (χ3n) is 4.21. The molecule has 2 unspecified atom stereocenters. The van der Waals surface area contributed by atoms with E-state index in [1.165, 1.54) is 18.4 Å². The van der Waals surface area contributed by atoms with Crippen molar-refractivity contribution < 1.29 is 0 Å². The molecule has 0 heterocycles. The summed E-state index contributed by atoms with van der Waals surface area (Å²) in [4.78, 5) is 2.55. The third-order valence-corrected chi connectivity index (χ3v) is 4.21. The smallest absolute Gasteiger partial charge is 0.0472 e. The van der Waals surface area contributed by atoms with Gasteiger partial charge in [-0.3, -0.25) is 4.90 Å². The van der Waals surface area contributed by atoms with Crippen LogP contribution in [0, 0.1) is 5.92 Å². The van der Waals surface area contributed by atoms with Crippen molar-refractivity contribution in [3.63, 3.8) is 0 Å². The van der Waals surface area contributed by atoms with Crippen LogP contribution < -0.4 is 5.32 Å². The molecule has 1 aromatic carbocycles. The fraction of sp³-hybridized carbons (Fsp3) is 0.625. The maximum absolute atomic E-state index is 3.50. The Morgan fingerprint density at radius 3 is 2.50 bits per heavy atom. The third kappa shape index (κ3) is 3.33. The topological polar surface area (TPSA) is 15.3 Å². The molecule has 1 aliphatic carbocycles. The molecule has 0 amide bonds. The molecule has 2 nitrogen and oxygen atoms in total. The maximum Gasteiger partial charge on any atom is 0.0472 e. The second-order valence-corrected chi connectivity index (χ2v) is 5.48. The van der Waals surface area contributed by atoms with Gasteiger partial charge in [-0.05, 0) is 44.8 Å². The van der Waals surface area contributed by atoms with Gasteiger partial charge in [-0.1, -0.05) is 37.3 Å². The zero-order chi connectivity index (χ0) is 13.0. The van der Waals surface area contributed by atoms with Crippen molar-refractivity contribution in [1.82, 2.24) is 10.2 Å². The van der Waals surface area contributed by atoms with Gasteiger partial charge in [0, 0.05) is 18.6 Å². The molecule has 1 N–H and O–H groups in total. The molecule has 18 heavy (non-hydrogen) atoms. The highest BCUT2D eigenvalue weighted by Crippen LogP contribution is 2.37. The lowest BCUT2D eigenvalue weighted by molar-refractivity contribution is 0.164. The van der Waals surface area contributed by atoms with Gasteiger partial charge in [-0.15, -0.1) is 0 Å². The van der Waals surface area contributed by atoms with E-state index in [1.807, 2.05) is 0 Å². The zero-order valence-electron chi connectivity index (χ0n) is 11.9. The van der Waals surface area contributed by atoms with Gasteiger partial charge in [0.25, 0.3) is 0 Å². The summed E-state index contributed by atoms with van der Waals surface area (Å²) in [5.74, 6) is 0.919. The second kappa shape index (κ2) is 6.35. The molecule has 0 radical (unpaired) electrons. The Bertz CT molecular complexity index is 345. The lowest BCUT2D eigenvalue weighted by atomic mass is 10.0. The highest BCUT2D eigenvalue weighted by atomic mass is 15.2. The van der Waals surface area contributed by atoms with E-state index in [4.69, 9.17) is 0 Å². The average Bonchev–Trinajstić information content (AvgIpc) is 3.23. The second-order valence-electron chi connectivity index (χ2n) is 5.48. The number of benzene rings is 1. The summed E-state index contributed by atoms with van der Waals surface area (Å²) in [6.07, 6.45) is 2.82. The highest BCUT2D eigenvalue weighted by molar-refractivity contribution is 5.19. The molecule has 2 heteroatoms. The van der Waals surface area contributed by atoms with E-state index in [0.717, 1.165) is 19.0 Å². The summed E-state index contributed by atoms with van der Waals surface area (Å²) in [5.41, 5.74) is 1.42. The first-order valence-corrected chi connectivity index (χ1v) is 7.21. The fourth-order valence-corrected chi connectivity index (χ4v) is 2.65. The zero-order valence-corrected chi connectivity index (χ0v) is 11.9. The molecule has 0 spiro atoms. The van der Waals surface area contributed by atoms with Crippen molar-refractivity contribution in [3.05, 3.63) is 35.9 Å². The number of likely N-dealkylation sites (N-methyl/N-ethyl adjacent to an activating group) is 2. The van der Waals surface area contributed by atoms with Crippen LogP contribution in [0.3, 0.4) is 0 Å². The summed E-state index contributed by atoms with van der Waals surface area (Å²) in [7, 11) is 2.28. The van der Waals surface area contributed by atoms with Crippen LogP contribution in [-0.2, 0) is 0 Å². The minimum absolute atomic E-state index is 0.488. The quantitative estimate of drug-likeness (QED) is 0.795. The molecular weight excluding hydrogens is 220 g/mol. The standard InChI is InChI=1S/C16H26N2/c1-4-17-12-16(15-8-6-5-7-9-15)18(3)13(2)14-10-11-14/h5-9,13-14,16-17H,4,10-12H2,1-3H3. The number of nitrogens with one attached hydrogen (secondary N) is 1. The number of hydrogen-bond acceptors (Lipinski definition) is 2. The van der Waals surface area contributed by atoms with Gasteiger partial charge in [-0.25, -0.2) is 0 Å². The van der Waals surface area contributed by atoms with Gasteiger partial charge < -0.3 is 5.32 Å². The number of nitrogens with zero attached hydrogens (tertiary/aromatic N) is 1. The largest absolute Gasteiger partial charge is 0.315 e. The van der Waals surface area contributed by atoms with E-state index in [0.29, 0.717) is 12.1 Å². The van der Waals surface area contributed by atoms with Gasteiger partial charge in [0.1, 0.15) is 0 Å². The summed E-state index contributed by atoms with van der Waals surface area (Å²) < 4.78 is 0. The summed E-state index contributed by atoms with van der Waals surface area (Å²) in [6, 6.07) is 12.1. The summed E-state index contributed by atoms with van der Waals surface area (Å²) in [6.45, 7) is 6.62. The first-order chi connectivity index (χ1) is 8.74. The van der Waals surface area contributed by atoms with Crippen LogP contribution in [0.4, 0.5) is 0 Å². The van der Waals surface area contributed by atoms with Crippen LogP contribution in [0.15, 0.2) is 30.3 Å². The first kappa shape index (κ1) is 13.6. The average molecular weight is 246 g/mol. The Morgan fingerprint density at radius 2 is 1.94 bits per heavy atom. The Hall–Kier alpha value is -0.860. The van der Waals surface area contributed by atoms with Crippen molar-refractivity contribution in [2.24, 2.45) is 5.92 Å². The van der Waals surface area contributed by atoms with E-state index in [1.54, 1.807) is 0 Å². The minimum Gasteiger partial charge on any atom is -0.315 e. The molecule has 0 aliphatic heterocycles. The molecule has 1 aromatic rings. The Morgan fingerprint density at radius 1 is 1.28 bits per heavy atom. The maximum atomic E-state index is 3.50. The first-order valence-electron chi connectivity index (χ1n) is 7.21. The van der Waals surface area contributed by atoms with Crippen LogP contribution >= 0.6 is 0 Å². The van der Waals surface area contributed by atoms with E-state index >= 15 is 0 Å². The molecular formula is C16H26N2. The van der Waals surface area contributed by atoms with Crippen LogP contribution in [0.5, 0.6) is 0 Å². The predicted octanol–water partition coefficient (Wildman–Crippen LogP) is 3.07. The van der Waals surface area contributed by atoms with Crippen molar-refractivity contribution in [1.29, 1.82) is 0 Å². The SMILES string of the molecule is CCNCC(c1ccccc1)N(C)C(C)C1CC1. The molecule has 2 rings (SSSR count). The number of hydrogen-bond donors (Lipinski definition) is 1. The van der Waals surface area contributed by atoms with Gasteiger partial charge in [0.05, 0.1) is 0 Å². The molecule has 0 bridgehead atoms. The summed E-state index contributed by atoms with van der Waals surface area (Å²) >= 11 is 0. The molecule has 100 valence electrons. The van der Waals surface area contributed by atoms with Crippen LogP contribution in [0.1, 0.15) is 38.3 Å². The lowest BCUT2D eigenvalue weighted by Crippen LogP contribution is -2.39. The van der Waals surface area contributed by atoms with Gasteiger partial charge in [0.15, 0.2) is 0 Å². The molecule has 0 aromatic heterocycles. The normalized spacial score (nSPS) is 18.9. The van der Waals surface area contributed by atoms with Crippen molar-refractivity contribution >= 4 is 0 Å². The van der Waals surface area contributed by atoms with Crippen molar-refractivity contribution in [2.45, 2.75) is 38.8 Å². The highest BCUT2D eigenvalue weighted by Gasteiger charge is 2.33. The Kier molecular flexibility index (Phi) is 4.79. The van der Waals surface area contributed by atoms with E-state index in [9.17, 15) is 0 Å². The van der Waals surface area contributed by atoms with Crippen LogP contribution in [-0.4, -0.2) is 31.1 Å². The van der Waals surface area contributed by atoms with Crippen LogP contribution in [0.2, 0.25) is 0 Å². The number of rotatable bonds is 7. The Labute approximate surface area is 111 Å². The van der Waals surface area contributed by atoms with E-state index in [2.05, 4.69) is 61.4 Å². The van der Waals surface area contributed by atoms with Gasteiger partial charge in [0.2, 0.25) is 0 Å². The Balaban J connectivity index is 2.08. The molecule has 1 aliphatic rings.